The van der Waals surface area contributed by atoms with Gasteiger partial charge in [-0.2, -0.15) is 0 Å². The van der Waals surface area contributed by atoms with Gasteiger partial charge in [-0.3, -0.25) is 0 Å². The summed E-state index contributed by atoms with van der Waals surface area (Å²) in [7, 11) is 1.47. The molecule has 0 saturated heterocycles. The molecule has 1 atom stereocenters. The highest BCUT2D eigenvalue weighted by Gasteiger charge is 2.14. The minimum absolute atomic E-state index is 0.251. The van der Waals surface area contributed by atoms with Gasteiger partial charge in [-0.15, -0.1) is 0 Å². The zero-order valence-corrected chi connectivity index (χ0v) is 11.2. The number of hydrogen-bond donors (Lipinski definition) is 1. The highest BCUT2D eigenvalue weighted by molar-refractivity contribution is 6.30. The lowest BCUT2D eigenvalue weighted by Gasteiger charge is -2.13. The van der Waals surface area contributed by atoms with Gasteiger partial charge in [-0.1, -0.05) is 23.7 Å². The van der Waals surface area contributed by atoms with Crippen LogP contribution in [-0.2, 0) is 6.42 Å². The van der Waals surface area contributed by atoms with Crippen molar-refractivity contribution in [2.24, 2.45) is 0 Å². The number of aliphatic hydroxyl groups excluding tert-OH is 1. The van der Waals surface area contributed by atoms with E-state index in [1.54, 1.807) is 24.3 Å². The van der Waals surface area contributed by atoms with Gasteiger partial charge in [0.25, 0.3) is 0 Å². The lowest BCUT2D eigenvalue weighted by Crippen LogP contribution is -2.04. The van der Waals surface area contributed by atoms with Crippen LogP contribution in [0.25, 0.3) is 0 Å². The standard InChI is InChI=1S/C15H14ClFO2/c1-19-12-5-6-13(14(17)9-12)15(18)8-10-3-2-4-11(16)7-10/h2-7,9,15,18H,8H2,1H3. The number of rotatable bonds is 4. The van der Waals surface area contributed by atoms with Crippen molar-refractivity contribution < 1.29 is 14.2 Å². The SMILES string of the molecule is COc1ccc(C(O)Cc2cccc(Cl)c2)c(F)c1. The van der Waals surface area contributed by atoms with Crippen LogP contribution in [0.5, 0.6) is 5.75 Å². The summed E-state index contributed by atoms with van der Waals surface area (Å²) in [5.74, 6) is -0.0508. The molecular formula is C15H14ClFO2. The molecule has 19 heavy (non-hydrogen) atoms. The van der Waals surface area contributed by atoms with E-state index in [-0.39, 0.29) is 5.56 Å². The number of hydrogen-bond acceptors (Lipinski definition) is 2. The molecule has 4 heteroatoms. The summed E-state index contributed by atoms with van der Waals surface area (Å²) in [5.41, 5.74) is 1.11. The summed E-state index contributed by atoms with van der Waals surface area (Å²) in [4.78, 5) is 0. The van der Waals surface area contributed by atoms with Gasteiger partial charge < -0.3 is 9.84 Å². The molecule has 0 saturated carbocycles. The van der Waals surface area contributed by atoms with Gasteiger partial charge in [0.05, 0.1) is 13.2 Å². The highest BCUT2D eigenvalue weighted by Crippen LogP contribution is 2.25. The molecule has 2 aromatic rings. The molecule has 0 fully saturated rings. The second kappa shape index (κ2) is 6.04. The predicted molar refractivity (Wildman–Crippen MR) is 73.1 cm³/mol. The number of benzene rings is 2. The zero-order chi connectivity index (χ0) is 13.8. The van der Waals surface area contributed by atoms with Crippen LogP contribution in [0.2, 0.25) is 5.02 Å². The average Bonchev–Trinajstić information content (AvgIpc) is 2.38. The van der Waals surface area contributed by atoms with Crippen LogP contribution >= 0.6 is 11.6 Å². The molecule has 0 aliphatic rings. The first kappa shape index (κ1) is 13.8. The Morgan fingerprint density at radius 3 is 2.68 bits per heavy atom. The van der Waals surface area contributed by atoms with Gasteiger partial charge in [-0.05, 0) is 29.8 Å². The first-order valence-corrected chi connectivity index (χ1v) is 6.24. The summed E-state index contributed by atoms with van der Waals surface area (Å²) in [6.45, 7) is 0. The van der Waals surface area contributed by atoms with E-state index >= 15 is 0 Å². The molecule has 0 aromatic heterocycles. The summed E-state index contributed by atoms with van der Waals surface area (Å²) in [6, 6.07) is 11.6. The summed E-state index contributed by atoms with van der Waals surface area (Å²) >= 11 is 5.87. The Morgan fingerprint density at radius 2 is 2.05 bits per heavy atom. The molecule has 1 N–H and O–H groups in total. The summed E-state index contributed by atoms with van der Waals surface area (Å²) < 4.78 is 18.7. The first-order valence-electron chi connectivity index (χ1n) is 5.86. The molecule has 0 amide bonds. The number of aliphatic hydroxyl groups is 1. The number of halogens is 2. The molecule has 0 radical (unpaired) electrons. The minimum atomic E-state index is -0.913. The van der Waals surface area contributed by atoms with Crippen molar-refractivity contribution in [1.29, 1.82) is 0 Å². The molecule has 2 nitrogen and oxygen atoms in total. The van der Waals surface area contributed by atoms with Gasteiger partial charge >= 0.3 is 0 Å². The van der Waals surface area contributed by atoms with Crippen molar-refractivity contribution in [3.8, 4) is 5.75 Å². The maximum Gasteiger partial charge on any atom is 0.132 e. The van der Waals surface area contributed by atoms with Crippen LogP contribution in [0, 0.1) is 5.82 Å². The van der Waals surface area contributed by atoms with Crippen molar-refractivity contribution in [3.63, 3.8) is 0 Å². The smallest absolute Gasteiger partial charge is 0.132 e. The molecule has 0 bridgehead atoms. The van der Waals surface area contributed by atoms with Gasteiger partial charge in [-0.25, -0.2) is 4.39 Å². The van der Waals surface area contributed by atoms with Gasteiger partial charge in [0.15, 0.2) is 0 Å². The minimum Gasteiger partial charge on any atom is -0.497 e. The topological polar surface area (TPSA) is 29.5 Å². The molecule has 0 heterocycles. The van der Waals surface area contributed by atoms with Crippen LogP contribution in [0.1, 0.15) is 17.2 Å². The monoisotopic (exact) mass is 280 g/mol. The Bertz CT molecular complexity index is 572. The summed E-state index contributed by atoms with van der Waals surface area (Å²) in [5, 5.41) is 10.7. The van der Waals surface area contributed by atoms with E-state index in [1.165, 1.54) is 19.2 Å². The van der Waals surface area contributed by atoms with E-state index in [0.717, 1.165) is 5.56 Å². The van der Waals surface area contributed by atoms with Crippen LogP contribution in [0.4, 0.5) is 4.39 Å². The molecule has 1 unspecified atom stereocenters. The predicted octanol–water partition coefficient (Wildman–Crippen LogP) is 3.76. The largest absolute Gasteiger partial charge is 0.497 e. The fourth-order valence-electron chi connectivity index (χ4n) is 1.90. The molecule has 0 aliphatic carbocycles. The Balaban J connectivity index is 2.18. The number of ether oxygens (including phenoxy) is 1. The van der Waals surface area contributed by atoms with E-state index in [2.05, 4.69) is 0 Å². The average molecular weight is 281 g/mol. The lowest BCUT2D eigenvalue weighted by atomic mass is 10.0. The van der Waals surface area contributed by atoms with Gasteiger partial charge in [0.1, 0.15) is 11.6 Å². The van der Waals surface area contributed by atoms with Crippen LogP contribution in [-0.4, -0.2) is 12.2 Å². The Hall–Kier alpha value is -1.58. The molecule has 0 spiro atoms. The van der Waals surface area contributed by atoms with E-state index in [0.29, 0.717) is 17.2 Å². The zero-order valence-electron chi connectivity index (χ0n) is 10.4. The normalized spacial score (nSPS) is 12.2. The van der Waals surface area contributed by atoms with Crippen molar-refractivity contribution >= 4 is 11.6 Å². The maximum atomic E-state index is 13.8. The van der Waals surface area contributed by atoms with Crippen molar-refractivity contribution in [2.45, 2.75) is 12.5 Å². The second-order valence-electron chi connectivity index (χ2n) is 4.24. The summed E-state index contributed by atoms with van der Waals surface area (Å²) in [6.07, 6.45) is -0.603. The first-order chi connectivity index (χ1) is 9.10. The Morgan fingerprint density at radius 1 is 1.26 bits per heavy atom. The van der Waals surface area contributed by atoms with Crippen LogP contribution in [0.3, 0.4) is 0 Å². The molecule has 100 valence electrons. The lowest BCUT2D eigenvalue weighted by molar-refractivity contribution is 0.173. The third-order valence-corrected chi connectivity index (χ3v) is 3.12. The maximum absolute atomic E-state index is 13.8. The molecule has 2 rings (SSSR count). The van der Waals surface area contributed by atoms with E-state index < -0.39 is 11.9 Å². The van der Waals surface area contributed by atoms with E-state index in [4.69, 9.17) is 16.3 Å². The van der Waals surface area contributed by atoms with Crippen LogP contribution < -0.4 is 4.74 Å². The Labute approximate surface area is 116 Å². The third-order valence-electron chi connectivity index (χ3n) is 2.88. The molecule has 0 aliphatic heterocycles. The molecule has 2 aromatic carbocycles. The fraction of sp³-hybridized carbons (Fsp3) is 0.200. The molecular weight excluding hydrogens is 267 g/mol. The highest BCUT2D eigenvalue weighted by atomic mass is 35.5. The van der Waals surface area contributed by atoms with Crippen molar-refractivity contribution in [3.05, 3.63) is 64.4 Å². The van der Waals surface area contributed by atoms with Gasteiger partial charge in [0, 0.05) is 23.1 Å². The quantitative estimate of drug-likeness (QED) is 0.924. The van der Waals surface area contributed by atoms with E-state index in [1.807, 2.05) is 6.07 Å². The van der Waals surface area contributed by atoms with Crippen molar-refractivity contribution in [1.82, 2.24) is 0 Å². The van der Waals surface area contributed by atoms with Gasteiger partial charge in [0.2, 0.25) is 0 Å². The fourth-order valence-corrected chi connectivity index (χ4v) is 2.12. The Kier molecular flexibility index (Phi) is 4.40. The van der Waals surface area contributed by atoms with E-state index in [9.17, 15) is 9.50 Å². The second-order valence-corrected chi connectivity index (χ2v) is 4.67. The van der Waals surface area contributed by atoms with Crippen molar-refractivity contribution in [2.75, 3.05) is 7.11 Å². The third kappa shape index (κ3) is 3.46. The van der Waals surface area contributed by atoms with Crippen LogP contribution in [0.15, 0.2) is 42.5 Å². The number of methoxy groups -OCH3 is 1.